The zero-order chi connectivity index (χ0) is 14.0. The summed E-state index contributed by atoms with van der Waals surface area (Å²) in [6, 6.07) is 10.5. The van der Waals surface area contributed by atoms with Crippen LogP contribution in [0.15, 0.2) is 36.4 Å². The second kappa shape index (κ2) is 5.41. The van der Waals surface area contributed by atoms with Crippen LogP contribution in [0.1, 0.15) is 28.4 Å². The normalized spacial score (nSPS) is 12.3. The van der Waals surface area contributed by atoms with Crippen molar-refractivity contribution in [3.63, 3.8) is 0 Å². The van der Waals surface area contributed by atoms with E-state index in [1.165, 1.54) is 13.2 Å². The van der Waals surface area contributed by atoms with E-state index in [1.54, 1.807) is 12.1 Å². The molecule has 2 aromatic carbocycles. The van der Waals surface area contributed by atoms with Gasteiger partial charge in [0.1, 0.15) is 6.10 Å². The molecule has 2 aromatic rings. The van der Waals surface area contributed by atoms with Crippen molar-refractivity contribution in [2.45, 2.75) is 20.0 Å². The minimum Gasteiger partial charge on any atom is -0.494 e. The fourth-order valence-electron chi connectivity index (χ4n) is 2.31. The standard InChI is InChI=1S/C16H17FO2/c1-10-6-4-7-11(2)14(10)16(18)12-8-5-9-13(19-3)15(12)17/h4-9,16,18H,1-3H3. The summed E-state index contributed by atoms with van der Waals surface area (Å²) in [6.45, 7) is 3.81. The zero-order valence-corrected chi connectivity index (χ0v) is 11.3. The molecular weight excluding hydrogens is 243 g/mol. The average Bonchev–Trinajstić information content (AvgIpc) is 2.38. The van der Waals surface area contributed by atoms with Crippen LogP contribution >= 0.6 is 0 Å². The molecule has 0 spiro atoms. The van der Waals surface area contributed by atoms with Gasteiger partial charge in [0.25, 0.3) is 0 Å². The van der Waals surface area contributed by atoms with Crippen LogP contribution in [0.3, 0.4) is 0 Å². The third-order valence-corrected chi connectivity index (χ3v) is 3.32. The number of halogens is 1. The molecule has 0 saturated heterocycles. The first-order valence-electron chi connectivity index (χ1n) is 6.12. The number of aliphatic hydroxyl groups excluding tert-OH is 1. The van der Waals surface area contributed by atoms with E-state index in [1.807, 2.05) is 32.0 Å². The number of benzene rings is 2. The molecule has 0 aromatic heterocycles. The molecular formula is C16H17FO2. The molecule has 1 N–H and O–H groups in total. The van der Waals surface area contributed by atoms with E-state index in [-0.39, 0.29) is 11.3 Å². The fourth-order valence-corrected chi connectivity index (χ4v) is 2.31. The number of methoxy groups -OCH3 is 1. The number of aliphatic hydroxyl groups is 1. The van der Waals surface area contributed by atoms with Crippen molar-refractivity contribution in [1.82, 2.24) is 0 Å². The Labute approximate surface area is 112 Å². The van der Waals surface area contributed by atoms with Gasteiger partial charge in [-0.05, 0) is 36.6 Å². The lowest BCUT2D eigenvalue weighted by atomic mass is 9.93. The SMILES string of the molecule is COc1cccc(C(O)c2c(C)cccc2C)c1F. The Hall–Kier alpha value is -1.87. The Kier molecular flexibility index (Phi) is 3.86. The maximum Gasteiger partial charge on any atom is 0.171 e. The molecule has 1 unspecified atom stereocenters. The minimum atomic E-state index is -0.990. The quantitative estimate of drug-likeness (QED) is 0.914. The molecule has 0 bridgehead atoms. The molecule has 0 aliphatic carbocycles. The zero-order valence-electron chi connectivity index (χ0n) is 11.3. The summed E-state index contributed by atoms with van der Waals surface area (Å²) < 4.78 is 19.1. The molecule has 100 valence electrons. The number of hydrogen-bond donors (Lipinski definition) is 1. The monoisotopic (exact) mass is 260 g/mol. The second-order valence-corrected chi connectivity index (χ2v) is 4.57. The van der Waals surface area contributed by atoms with Crippen LogP contribution in [0, 0.1) is 19.7 Å². The van der Waals surface area contributed by atoms with Gasteiger partial charge < -0.3 is 9.84 Å². The van der Waals surface area contributed by atoms with Crippen LogP contribution in [-0.4, -0.2) is 12.2 Å². The molecule has 3 heteroatoms. The summed E-state index contributed by atoms with van der Waals surface area (Å²) in [5.74, 6) is -0.372. The summed E-state index contributed by atoms with van der Waals surface area (Å²) in [7, 11) is 1.41. The summed E-state index contributed by atoms with van der Waals surface area (Å²) >= 11 is 0. The summed E-state index contributed by atoms with van der Waals surface area (Å²) in [5, 5.41) is 10.5. The molecule has 1 atom stereocenters. The Morgan fingerprint density at radius 3 is 2.21 bits per heavy atom. The predicted octanol–water partition coefficient (Wildman–Crippen LogP) is 3.53. The maximum atomic E-state index is 14.2. The summed E-state index contributed by atoms with van der Waals surface area (Å²) in [4.78, 5) is 0. The van der Waals surface area contributed by atoms with Gasteiger partial charge in [-0.1, -0.05) is 30.3 Å². The van der Waals surface area contributed by atoms with Crippen molar-refractivity contribution in [2.24, 2.45) is 0 Å². The van der Waals surface area contributed by atoms with Crippen molar-refractivity contribution in [1.29, 1.82) is 0 Å². The summed E-state index contributed by atoms with van der Waals surface area (Å²) in [6.07, 6.45) is -0.990. The summed E-state index contributed by atoms with van der Waals surface area (Å²) in [5.41, 5.74) is 2.86. The maximum absolute atomic E-state index is 14.2. The molecule has 0 amide bonds. The van der Waals surface area contributed by atoms with E-state index in [9.17, 15) is 9.50 Å². The van der Waals surface area contributed by atoms with Gasteiger partial charge in [0, 0.05) is 5.56 Å². The van der Waals surface area contributed by atoms with Crippen LogP contribution in [0.4, 0.5) is 4.39 Å². The molecule has 0 aliphatic heterocycles. The lowest BCUT2D eigenvalue weighted by Gasteiger charge is -2.18. The first-order chi connectivity index (χ1) is 9.06. The van der Waals surface area contributed by atoms with E-state index < -0.39 is 11.9 Å². The number of ether oxygens (including phenoxy) is 1. The van der Waals surface area contributed by atoms with Crippen LogP contribution < -0.4 is 4.74 Å². The molecule has 0 fully saturated rings. The molecule has 2 rings (SSSR count). The Bertz CT molecular complexity index is 573. The largest absolute Gasteiger partial charge is 0.494 e. The Balaban J connectivity index is 2.53. The van der Waals surface area contributed by atoms with Crippen molar-refractivity contribution in [2.75, 3.05) is 7.11 Å². The van der Waals surface area contributed by atoms with Gasteiger partial charge in [0.05, 0.1) is 7.11 Å². The van der Waals surface area contributed by atoms with E-state index >= 15 is 0 Å². The topological polar surface area (TPSA) is 29.5 Å². The van der Waals surface area contributed by atoms with E-state index in [0.717, 1.165) is 16.7 Å². The van der Waals surface area contributed by atoms with Crippen LogP contribution in [0.5, 0.6) is 5.75 Å². The van der Waals surface area contributed by atoms with Gasteiger partial charge in [-0.25, -0.2) is 4.39 Å². The van der Waals surface area contributed by atoms with Crippen molar-refractivity contribution in [3.05, 3.63) is 64.5 Å². The third-order valence-electron chi connectivity index (χ3n) is 3.32. The molecule has 0 radical (unpaired) electrons. The number of rotatable bonds is 3. The Morgan fingerprint density at radius 1 is 1.05 bits per heavy atom. The Morgan fingerprint density at radius 2 is 1.63 bits per heavy atom. The highest BCUT2D eigenvalue weighted by Crippen LogP contribution is 2.32. The van der Waals surface area contributed by atoms with Crippen LogP contribution in [-0.2, 0) is 0 Å². The third kappa shape index (κ3) is 2.47. The van der Waals surface area contributed by atoms with Gasteiger partial charge in [-0.2, -0.15) is 0 Å². The highest BCUT2D eigenvalue weighted by Gasteiger charge is 2.20. The molecule has 0 aliphatic rings. The van der Waals surface area contributed by atoms with Crippen molar-refractivity contribution < 1.29 is 14.2 Å². The van der Waals surface area contributed by atoms with Gasteiger partial charge in [0.15, 0.2) is 11.6 Å². The first kappa shape index (κ1) is 13.6. The highest BCUT2D eigenvalue weighted by atomic mass is 19.1. The van der Waals surface area contributed by atoms with E-state index in [2.05, 4.69) is 0 Å². The van der Waals surface area contributed by atoms with Crippen molar-refractivity contribution in [3.8, 4) is 5.75 Å². The van der Waals surface area contributed by atoms with Crippen LogP contribution in [0.25, 0.3) is 0 Å². The van der Waals surface area contributed by atoms with Gasteiger partial charge in [-0.3, -0.25) is 0 Å². The van der Waals surface area contributed by atoms with Gasteiger partial charge >= 0.3 is 0 Å². The number of aryl methyl sites for hydroxylation is 2. The highest BCUT2D eigenvalue weighted by molar-refractivity contribution is 5.43. The lowest BCUT2D eigenvalue weighted by molar-refractivity contribution is 0.212. The van der Waals surface area contributed by atoms with Gasteiger partial charge in [0.2, 0.25) is 0 Å². The number of hydrogen-bond acceptors (Lipinski definition) is 2. The minimum absolute atomic E-state index is 0.141. The average molecular weight is 260 g/mol. The predicted molar refractivity (Wildman–Crippen MR) is 72.9 cm³/mol. The molecule has 0 heterocycles. The molecule has 19 heavy (non-hydrogen) atoms. The molecule has 2 nitrogen and oxygen atoms in total. The fraction of sp³-hybridized carbons (Fsp3) is 0.250. The van der Waals surface area contributed by atoms with Crippen LogP contribution in [0.2, 0.25) is 0 Å². The molecule has 0 saturated carbocycles. The first-order valence-corrected chi connectivity index (χ1v) is 6.12. The second-order valence-electron chi connectivity index (χ2n) is 4.57. The van der Waals surface area contributed by atoms with E-state index in [0.29, 0.717) is 0 Å². The van der Waals surface area contributed by atoms with E-state index in [4.69, 9.17) is 4.74 Å². The lowest BCUT2D eigenvalue weighted by Crippen LogP contribution is -2.07. The smallest absolute Gasteiger partial charge is 0.171 e. The van der Waals surface area contributed by atoms with Crippen molar-refractivity contribution >= 4 is 0 Å². The van der Waals surface area contributed by atoms with Gasteiger partial charge in [-0.15, -0.1) is 0 Å².